The van der Waals surface area contributed by atoms with Crippen molar-refractivity contribution < 1.29 is 4.39 Å². The zero-order valence-corrected chi connectivity index (χ0v) is 16.3. The number of halogens is 2. The predicted octanol–water partition coefficient (Wildman–Crippen LogP) is 4.08. The van der Waals surface area contributed by atoms with E-state index in [0.29, 0.717) is 17.6 Å². The minimum absolute atomic E-state index is 0. The van der Waals surface area contributed by atoms with Gasteiger partial charge in [0.25, 0.3) is 0 Å². The van der Waals surface area contributed by atoms with Crippen LogP contribution in [0.4, 0.5) is 21.7 Å². The average molecular weight is 403 g/mol. The molecule has 0 spiro atoms. The first kappa shape index (κ1) is 19.0. The Morgan fingerprint density at radius 3 is 2.82 bits per heavy atom. The molecule has 0 amide bonds. The van der Waals surface area contributed by atoms with Crippen LogP contribution in [-0.4, -0.2) is 33.7 Å². The summed E-state index contributed by atoms with van der Waals surface area (Å²) in [5.41, 5.74) is 2.77. The lowest BCUT2D eigenvalue weighted by atomic mass is 10.1. The summed E-state index contributed by atoms with van der Waals surface area (Å²) in [6.45, 7) is 2.01. The molecule has 3 aromatic rings. The van der Waals surface area contributed by atoms with Crippen LogP contribution in [0.5, 0.6) is 0 Å². The van der Waals surface area contributed by atoms with E-state index in [2.05, 4.69) is 21.0 Å². The SMILES string of the molecule is Cl.Fc1cccc(Nc2cc(N[C@H]3CCCNC3)nc3c(C4CC4)cnn23)c1. The van der Waals surface area contributed by atoms with Gasteiger partial charge in [0.2, 0.25) is 0 Å². The molecule has 28 heavy (non-hydrogen) atoms. The molecule has 148 valence electrons. The molecule has 2 aromatic heterocycles. The molecule has 8 heteroatoms. The summed E-state index contributed by atoms with van der Waals surface area (Å²) >= 11 is 0. The third-order valence-electron chi connectivity index (χ3n) is 5.26. The Hall–Kier alpha value is -2.38. The third kappa shape index (κ3) is 3.91. The van der Waals surface area contributed by atoms with Crippen molar-refractivity contribution in [3.63, 3.8) is 0 Å². The van der Waals surface area contributed by atoms with Crippen LogP contribution in [0.25, 0.3) is 5.65 Å². The van der Waals surface area contributed by atoms with Gasteiger partial charge in [-0.1, -0.05) is 6.07 Å². The molecule has 5 rings (SSSR count). The molecule has 2 aliphatic rings. The normalized spacial score (nSPS) is 19.2. The summed E-state index contributed by atoms with van der Waals surface area (Å²) in [6.07, 6.45) is 6.60. The highest BCUT2D eigenvalue weighted by atomic mass is 35.5. The molecule has 3 heterocycles. The van der Waals surface area contributed by atoms with Crippen LogP contribution < -0.4 is 16.0 Å². The number of piperidine rings is 1. The van der Waals surface area contributed by atoms with Crippen LogP contribution in [0.3, 0.4) is 0 Å². The number of hydrogen-bond donors (Lipinski definition) is 3. The molecule has 1 aromatic carbocycles. The van der Waals surface area contributed by atoms with Gasteiger partial charge in [-0.05, 0) is 56.3 Å². The Morgan fingerprint density at radius 2 is 2.07 bits per heavy atom. The number of hydrogen-bond acceptors (Lipinski definition) is 5. The number of nitrogens with one attached hydrogen (secondary N) is 3. The first-order chi connectivity index (χ1) is 13.3. The molecule has 1 saturated heterocycles. The molecule has 6 nitrogen and oxygen atoms in total. The molecule has 2 fully saturated rings. The van der Waals surface area contributed by atoms with Crippen molar-refractivity contribution in [3.05, 3.63) is 47.9 Å². The minimum Gasteiger partial charge on any atom is -0.366 e. The molecule has 0 bridgehead atoms. The lowest BCUT2D eigenvalue weighted by molar-refractivity contribution is 0.479. The van der Waals surface area contributed by atoms with Crippen LogP contribution in [-0.2, 0) is 0 Å². The summed E-state index contributed by atoms with van der Waals surface area (Å²) in [5, 5.41) is 14.8. The van der Waals surface area contributed by atoms with Crippen LogP contribution in [0.1, 0.15) is 37.2 Å². The Labute approximate surface area is 169 Å². The van der Waals surface area contributed by atoms with Gasteiger partial charge in [-0.25, -0.2) is 9.37 Å². The third-order valence-corrected chi connectivity index (χ3v) is 5.26. The molecule has 1 saturated carbocycles. The van der Waals surface area contributed by atoms with E-state index in [1.807, 2.05) is 22.8 Å². The highest BCUT2D eigenvalue weighted by Gasteiger charge is 2.28. The second kappa shape index (κ2) is 7.93. The molecular formula is C20H24ClFN6. The first-order valence-electron chi connectivity index (χ1n) is 9.65. The van der Waals surface area contributed by atoms with E-state index in [1.165, 1.54) is 30.5 Å². The quantitative estimate of drug-likeness (QED) is 0.600. The van der Waals surface area contributed by atoms with Crippen molar-refractivity contribution in [2.45, 2.75) is 37.6 Å². The number of anilines is 3. The molecule has 0 radical (unpaired) electrons. The van der Waals surface area contributed by atoms with Crippen LogP contribution in [0, 0.1) is 5.82 Å². The zero-order chi connectivity index (χ0) is 18.2. The Bertz CT molecular complexity index is 964. The molecule has 1 atom stereocenters. The zero-order valence-electron chi connectivity index (χ0n) is 15.5. The smallest absolute Gasteiger partial charge is 0.163 e. The van der Waals surface area contributed by atoms with Gasteiger partial charge in [-0.2, -0.15) is 9.61 Å². The largest absolute Gasteiger partial charge is 0.366 e. The van der Waals surface area contributed by atoms with Gasteiger partial charge in [-0.3, -0.25) is 0 Å². The molecular weight excluding hydrogens is 379 g/mol. The predicted molar refractivity (Wildman–Crippen MR) is 111 cm³/mol. The van der Waals surface area contributed by atoms with Gasteiger partial charge in [0.15, 0.2) is 5.65 Å². The fraction of sp³-hybridized carbons (Fsp3) is 0.400. The number of rotatable bonds is 5. The van der Waals surface area contributed by atoms with Gasteiger partial charge < -0.3 is 16.0 Å². The molecule has 3 N–H and O–H groups in total. The lowest BCUT2D eigenvalue weighted by Gasteiger charge is -2.24. The van der Waals surface area contributed by atoms with Gasteiger partial charge in [0, 0.05) is 29.9 Å². The number of benzene rings is 1. The highest BCUT2D eigenvalue weighted by molar-refractivity contribution is 5.85. The van der Waals surface area contributed by atoms with E-state index in [1.54, 1.807) is 6.07 Å². The second-order valence-corrected chi connectivity index (χ2v) is 7.46. The Morgan fingerprint density at radius 1 is 1.18 bits per heavy atom. The van der Waals surface area contributed by atoms with E-state index >= 15 is 0 Å². The highest BCUT2D eigenvalue weighted by Crippen LogP contribution is 2.42. The van der Waals surface area contributed by atoms with Crippen LogP contribution in [0.2, 0.25) is 0 Å². The van der Waals surface area contributed by atoms with Crippen LogP contribution >= 0.6 is 12.4 Å². The van der Waals surface area contributed by atoms with Crippen molar-refractivity contribution in [1.29, 1.82) is 0 Å². The topological polar surface area (TPSA) is 66.3 Å². The number of fused-ring (bicyclic) bond motifs is 1. The second-order valence-electron chi connectivity index (χ2n) is 7.46. The summed E-state index contributed by atoms with van der Waals surface area (Å²) in [7, 11) is 0. The maximum Gasteiger partial charge on any atom is 0.163 e. The fourth-order valence-electron chi connectivity index (χ4n) is 3.72. The Kier molecular flexibility index (Phi) is 5.37. The van der Waals surface area contributed by atoms with Gasteiger partial charge >= 0.3 is 0 Å². The van der Waals surface area contributed by atoms with Crippen molar-refractivity contribution in [2.24, 2.45) is 0 Å². The minimum atomic E-state index is -0.268. The molecule has 1 aliphatic heterocycles. The van der Waals surface area contributed by atoms with Crippen LogP contribution in [0.15, 0.2) is 36.5 Å². The van der Waals surface area contributed by atoms with Gasteiger partial charge in [-0.15, -0.1) is 12.4 Å². The van der Waals surface area contributed by atoms with Crippen molar-refractivity contribution >= 4 is 35.4 Å². The first-order valence-corrected chi connectivity index (χ1v) is 9.65. The monoisotopic (exact) mass is 402 g/mol. The van der Waals surface area contributed by atoms with Gasteiger partial charge in [0.1, 0.15) is 17.5 Å². The Balaban J connectivity index is 0.00000192. The van der Waals surface area contributed by atoms with E-state index < -0.39 is 0 Å². The van der Waals surface area contributed by atoms with Crippen molar-refractivity contribution in [3.8, 4) is 0 Å². The molecule has 1 aliphatic carbocycles. The maximum atomic E-state index is 13.6. The van der Waals surface area contributed by atoms with Crippen molar-refractivity contribution in [2.75, 3.05) is 23.7 Å². The summed E-state index contributed by atoms with van der Waals surface area (Å²) in [6, 6.07) is 8.78. The maximum absolute atomic E-state index is 13.6. The van der Waals surface area contributed by atoms with E-state index in [9.17, 15) is 4.39 Å². The van der Waals surface area contributed by atoms with Gasteiger partial charge in [0.05, 0.1) is 6.20 Å². The number of nitrogens with zero attached hydrogens (tertiary/aromatic N) is 3. The fourth-order valence-corrected chi connectivity index (χ4v) is 3.72. The van der Waals surface area contributed by atoms with E-state index in [0.717, 1.165) is 43.2 Å². The summed E-state index contributed by atoms with van der Waals surface area (Å²) in [5.74, 6) is 1.90. The number of aromatic nitrogens is 3. The average Bonchev–Trinajstić information content (AvgIpc) is 3.42. The summed E-state index contributed by atoms with van der Waals surface area (Å²) < 4.78 is 15.4. The molecule has 0 unspecified atom stereocenters. The summed E-state index contributed by atoms with van der Waals surface area (Å²) in [4.78, 5) is 4.86. The lowest BCUT2D eigenvalue weighted by Crippen LogP contribution is -2.38. The van der Waals surface area contributed by atoms with Crippen molar-refractivity contribution in [1.82, 2.24) is 19.9 Å². The van der Waals surface area contributed by atoms with E-state index in [4.69, 9.17) is 4.98 Å². The standard InChI is InChI=1S/C20H23FN6.ClH/c21-14-3-1-4-15(9-14)25-19-10-18(24-16-5-2-8-22-11-16)26-20-17(13-6-7-13)12-23-27(19)20;/h1,3-4,9-10,12-13,16,22,25H,2,5-8,11H2,(H,24,26);1H/t16-;/m0./s1. The van der Waals surface area contributed by atoms with E-state index in [-0.39, 0.29) is 18.2 Å².